The Morgan fingerprint density at radius 2 is 2.10 bits per heavy atom. The Hall–Kier alpha value is -1.45. The topological polar surface area (TPSA) is 24.9 Å². The summed E-state index contributed by atoms with van der Waals surface area (Å²) < 4.78 is 13.5. The minimum absolute atomic E-state index is 0.196. The van der Waals surface area contributed by atoms with Crippen LogP contribution in [0.5, 0.6) is 0 Å². The van der Waals surface area contributed by atoms with E-state index in [9.17, 15) is 4.39 Å². The number of nitrogens with one attached hydrogen (secondary N) is 1. The van der Waals surface area contributed by atoms with Crippen LogP contribution in [0, 0.1) is 12.7 Å². The number of halogens is 2. The van der Waals surface area contributed by atoms with E-state index in [1.807, 2.05) is 19.1 Å². The van der Waals surface area contributed by atoms with Crippen molar-refractivity contribution < 1.29 is 4.39 Å². The SMILES string of the molecule is CCCNC(c1cc(C)ccn1)c1cc(F)ccc1Cl. The van der Waals surface area contributed by atoms with Crippen LogP contribution in [-0.4, -0.2) is 11.5 Å². The Balaban J connectivity index is 2.44. The Kier molecular flexibility index (Phi) is 5.10. The summed E-state index contributed by atoms with van der Waals surface area (Å²) in [5.41, 5.74) is 2.69. The molecule has 1 atom stereocenters. The summed E-state index contributed by atoms with van der Waals surface area (Å²) in [7, 11) is 0. The molecule has 2 rings (SSSR count). The monoisotopic (exact) mass is 292 g/mol. The second kappa shape index (κ2) is 6.82. The van der Waals surface area contributed by atoms with E-state index in [1.165, 1.54) is 12.1 Å². The van der Waals surface area contributed by atoms with E-state index in [1.54, 1.807) is 12.3 Å². The smallest absolute Gasteiger partial charge is 0.123 e. The van der Waals surface area contributed by atoms with Gasteiger partial charge in [-0.1, -0.05) is 18.5 Å². The molecular weight excluding hydrogens is 275 g/mol. The zero-order valence-electron chi connectivity index (χ0n) is 11.7. The van der Waals surface area contributed by atoms with Gasteiger partial charge < -0.3 is 5.32 Å². The highest BCUT2D eigenvalue weighted by Crippen LogP contribution is 2.28. The van der Waals surface area contributed by atoms with Gasteiger partial charge in [-0.05, 0) is 61.3 Å². The molecule has 0 saturated heterocycles. The molecule has 2 nitrogen and oxygen atoms in total. The first kappa shape index (κ1) is 14.9. The van der Waals surface area contributed by atoms with Crippen molar-refractivity contribution in [2.75, 3.05) is 6.54 Å². The minimum atomic E-state index is -0.291. The number of nitrogens with zero attached hydrogens (tertiary/aromatic N) is 1. The summed E-state index contributed by atoms with van der Waals surface area (Å²) in [6, 6.07) is 8.16. The van der Waals surface area contributed by atoms with Crippen molar-refractivity contribution in [3.05, 3.63) is 64.2 Å². The molecule has 106 valence electrons. The quantitative estimate of drug-likeness (QED) is 0.890. The lowest BCUT2D eigenvalue weighted by Crippen LogP contribution is -2.24. The van der Waals surface area contributed by atoms with E-state index >= 15 is 0 Å². The van der Waals surface area contributed by atoms with Gasteiger partial charge in [0, 0.05) is 11.2 Å². The third-order valence-corrected chi connectivity index (χ3v) is 3.44. The van der Waals surface area contributed by atoms with Gasteiger partial charge in [-0.25, -0.2) is 4.39 Å². The lowest BCUT2D eigenvalue weighted by molar-refractivity contribution is 0.576. The molecule has 0 spiro atoms. The van der Waals surface area contributed by atoms with Gasteiger partial charge in [0.1, 0.15) is 5.82 Å². The predicted molar refractivity (Wildman–Crippen MR) is 80.5 cm³/mol. The van der Waals surface area contributed by atoms with Crippen LogP contribution in [0.25, 0.3) is 0 Å². The Morgan fingerprint density at radius 1 is 1.30 bits per heavy atom. The van der Waals surface area contributed by atoms with Gasteiger partial charge in [0.25, 0.3) is 0 Å². The second-order valence-electron chi connectivity index (χ2n) is 4.81. The summed E-state index contributed by atoms with van der Waals surface area (Å²) in [5.74, 6) is -0.291. The first-order valence-corrected chi connectivity index (χ1v) is 7.10. The molecule has 0 radical (unpaired) electrons. The van der Waals surface area contributed by atoms with Crippen LogP contribution < -0.4 is 5.32 Å². The summed E-state index contributed by atoms with van der Waals surface area (Å²) in [6.07, 6.45) is 2.74. The van der Waals surface area contributed by atoms with Gasteiger partial charge in [-0.3, -0.25) is 4.98 Å². The molecule has 0 aliphatic carbocycles. The maximum Gasteiger partial charge on any atom is 0.123 e. The van der Waals surface area contributed by atoms with Gasteiger partial charge in [0.05, 0.1) is 11.7 Å². The van der Waals surface area contributed by atoms with Crippen molar-refractivity contribution in [2.45, 2.75) is 26.3 Å². The molecule has 0 aliphatic heterocycles. The van der Waals surface area contributed by atoms with Gasteiger partial charge in [0.2, 0.25) is 0 Å². The number of hydrogen-bond donors (Lipinski definition) is 1. The molecule has 0 saturated carbocycles. The molecule has 0 bridgehead atoms. The Bertz CT molecular complexity index is 586. The maximum atomic E-state index is 13.5. The lowest BCUT2D eigenvalue weighted by Gasteiger charge is -2.20. The fourth-order valence-electron chi connectivity index (χ4n) is 2.12. The van der Waals surface area contributed by atoms with E-state index in [-0.39, 0.29) is 11.9 Å². The van der Waals surface area contributed by atoms with E-state index in [4.69, 9.17) is 11.6 Å². The molecule has 1 unspecified atom stereocenters. The number of rotatable bonds is 5. The van der Waals surface area contributed by atoms with Crippen LogP contribution in [-0.2, 0) is 0 Å². The average molecular weight is 293 g/mol. The van der Waals surface area contributed by atoms with Crippen LogP contribution in [0.2, 0.25) is 5.02 Å². The highest BCUT2D eigenvalue weighted by molar-refractivity contribution is 6.31. The summed E-state index contributed by atoms with van der Waals surface area (Å²) >= 11 is 6.23. The van der Waals surface area contributed by atoms with Crippen molar-refractivity contribution in [3.8, 4) is 0 Å². The second-order valence-corrected chi connectivity index (χ2v) is 5.22. The van der Waals surface area contributed by atoms with Crippen molar-refractivity contribution >= 4 is 11.6 Å². The molecule has 1 aromatic heterocycles. The van der Waals surface area contributed by atoms with Crippen molar-refractivity contribution in [2.24, 2.45) is 0 Å². The molecule has 0 fully saturated rings. The molecule has 20 heavy (non-hydrogen) atoms. The van der Waals surface area contributed by atoms with Gasteiger partial charge in [0.15, 0.2) is 0 Å². The summed E-state index contributed by atoms with van der Waals surface area (Å²) in [6.45, 7) is 4.91. The first-order valence-electron chi connectivity index (χ1n) is 6.72. The molecule has 4 heteroatoms. The van der Waals surface area contributed by atoms with Crippen LogP contribution in [0.3, 0.4) is 0 Å². The molecular formula is C16H18ClFN2. The molecule has 1 N–H and O–H groups in total. The zero-order chi connectivity index (χ0) is 14.5. The molecule has 1 aromatic carbocycles. The highest BCUT2D eigenvalue weighted by atomic mass is 35.5. The third kappa shape index (κ3) is 3.56. The predicted octanol–water partition coefficient (Wildman–Crippen LogP) is 4.27. The maximum absolute atomic E-state index is 13.5. The van der Waals surface area contributed by atoms with Gasteiger partial charge >= 0.3 is 0 Å². The van der Waals surface area contributed by atoms with Gasteiger partial charge in [-0.15, -0.1) is 0 Å². The molecule has 2 aromatic rings. The fraction of sp³-hybridized carbons (Fsp3) is 0.312. The van der Waals surface area contributed by atoms with Crippen molar-refractivity contribution in [3.63, 3.8) is 0 Å². The largest absolute Gasteiger partial charge is 0.305 e. The zero-order valence-corrected chi connectivity index (χ0v) is 12.4. The molecule has 1 heterocycles. The lowest BCUT2D eigenvalue weighted by atomic mass is 10.0. The Labute approximate surface area is 124 Å². The number of aromatic nitrogens is 1. The van der Waals surface area contributed by atoms with Gasteiger partial charge in [-0.2, -0.15) is 0 Å². The minimum Gasteiger partial charge on any atom is -0.305 e. The number of aryl methyl sites for hydroxylation is 1. The van der Waals surface area contributed by atoms with Crippen molar-refractivity contribution in [1.82, 2.24) is 10.3 Å². The average Bonchev–Trinajstić information content (AvgIpc) is 2.43. The Morgan fingerprint density at radius 3 is 2.80 bits per heavy atom. The first-order chi connectivity index (χ1) is 9.61. The van der Waals surface area contributed by atoms with Crippen LogP contribution >= 0.6 is 11.6 Å². The number of hydrogen-bond acceptors (Lipinski definition) is 2. The summed E-state index contributed by atoms with van der Waals surface area (Å²) in [5, 5.41) is 3.93. The van der Waals surface area contributed by atoms with Crippen LogP contribution in [0.15, 0.2) is 36.5 Å². The van der Waals surface area contributed by atoms with Crippen LogP contribution in [0.4, 0.5) is 4.39 Å². The standard InChI is InChI=1S/C16H18ClFN2/c1-3-7-20-16(15-9-11(2)6-8-19-15)13-10-12(18)4-5-14(13)17/h4-6,8-10,16,20H,3,7H2,1-2H3. The summed E-state index contributed by atoms with van der Waals surface area (Å²) in [4.78, 5) is 4.40. The number of benzene rings is 1. The highest BCUT2D eigenvalue weighted by Gasteiger charge is 2.18. The van der Waals surface area contributed by atoms with Crippen LogP contribution in [0.1, 0.15) is 36.2 Å². The number of pyridine rings is 1. The fourth-order valence-corrected chi connectivity index (χ4v) is 2.34. The van der Waals surface area contributed by atoms with Crippen molar-refractivity contribution in [1.29, 1.82) is 0 Å². The van der Waals surface area contributed by atoms with E-state index in [2.05, 4.69) is 17.2 Å². The third-order valence-electron chi connectivity index (χ3n) is 3.10. The van der Waals surface area contributed by atoms with E-state index in [0.29, 0.717) is 5.02 Å². The molecule has 0 amide bonds. The van der Waals surface area contributed by atoms with E-state index in [0.717, 1.165) is 29.8 Å². The normalized spacial score (nSPS) is 12.4. The van der Waals surface area contributed by atoms with E-state index < -0.39 is 0 Å². The molecule has 0 aliphatic rings.